The molecule has 0 bridgehead atoms. The molecular weight excluding hydrogens is 1280 g/mol. The minimum absolute atomic E-state index is 0.0909. The average molecular weight is 1430 g/mol. The van der Waals surface area contributed by atoms with Gasteiger partial charge in [0.25, 0.3) is 0 Å². The van der Waals surface area contributed by atoms with Crippen molar-refractivity contribution in [3.8, 4) is 0 Å². The standard InChI is InChI=1S/C79H146O17P2/c1-5-9-13-17-21-25-29-32-34-35-36-37-39-41-45-48-52-56-60-64-77(82)90-70-75(96-79(84)66-62-58-54-50-46-42-38-33-30-26-22-18-14-10-6-2)72-94-98(87,88)92-68-73(80)67-91-97(85,86)93-71-74(95-78(83)65-61-57-53-49-43-28-24-20-16-12-8-4)69-89-76(81)63-59-55-51-47-44-40-31-27-23-19-15-11-7-3/h20-21,24-25,32,34,36-37,73-75,80H,5-19,22-23,26-31,33,35,38-72H2,1-4H3,(H,85,86)(H,87,88)/b24-20-,25-21-,34-32-,37-36-. The number of hydrogen-bond donors (Lipinski definition) is 3. The maximum Gasteiger partial charge on any atom is 0.472 e. The fraction of sp³-hybridized carbons (Fsp3) is 0.848. The monoisotopic (exact) mass is 1430 g/mol. The highest BCUT2D eigenvalue weighted by Crippen LogP contribution is 2.45. The molecule has 0 aromatic rings. The van der Waals surface area contributed by atoms with Gasteiger partial charge in [0.05, 0.1) is 26.4 Å². The fourth-order valence-electron chi connectivity index (χ4n) is 11.2. The third kappa shape index (κ3) is 71.4. The number of esters is 4. The number of aliphatic hydroxyl groups is 1. The second-order valence-corrected chi connectivity index (χ2v) is 29.9. The molecule has 0 aromatic heterocycles. The maximum absolute atomic E-state index is 13.1. The average Bonchev–Trinajstić information content (AvgIpc) is 0.981. The van der Waals surface area contributed by atoms with Gasteiger partial charge in [-0.05, 0) is 83.5 Å². The predicted octanol–water partition coefficient (Wildman–Crippen LogP) is 22.9. The van der Waals surface area contributed by atoms with E-state index in [0.29, 0.717) is 25.7 Å². The summed E-state index contributed by atoms with van der Waals surface area (Å²) < 4.78 is 68.5. The van der Waals surface area contributed by atoms with Crippen molar-refractivity contribution in [1.29, 1.82) is 0 Å². The zero-order chi connectivity index (χ0) is 71.8. The third-order valence-corrected chi connectivity index (χ3v) is 19.2. The van der Waals surface area contributed by atoms with Crippen molar-refractivity contribution in [2.75, 3.05) is 39.6 Å². The van der Waals surface area contributed by atoms with E-state index in [2.05, 4.69) is 76.3 Å². The van der Waals surface area contributed by atoms with E-state index in [1.165, 1.54) is 154 Å². The number of hydrogen-bond acceptors (Lipinski definition) is 15. The Kier molecular flexibility index (Phi) is 70.2. The topological polar surface area (TPSA) is 237 Å². The van der Waals surface area contributed by atoms with Crippen LogP contribution in [-0.2, 0) is 65.4 Å². The Balaban J connectivity index is 5.28. The van der Waals surface area contributed by atoms with Crippen molar-refractivity contribution in [2.45, 2.75) is 393 Å². The molecule has 5 atom stereocenters. The van der Waals surface area contributed by atoms with Gasteiger partial charge in [0.1, 0.15) is 19.3 Å². The van der Waals surface area contributed by atoms with Gasteiger partial charge in [-0.15, -0.1) is 0 Å². The maximum atomic E-state index is 13.1. The van der Waals surface area contributed by atoms with Gasteiger partial charge >= 0.3 is 39.5 Å². The predicted molar refractivity (Wildman–Crippen MR) is 400 cm³/mol. The zero-order valence-corrected chi connectivity index (χ0v) is 64.5. The van der Waals surface area contributed by atoms with Crippen molar-refractivity contribution < 1.29 is 80.2 Å². The highest BCUT2D eigenvalue weighted by Gasteiger charge is 2.30. The van der Waals surface area contributed by atoms with Gasteiger partial charge in [0, 0.05) is 25.7 Å². The summed E-state index contributed by atoms with van der Waals surface area (Å²) in [5.74, 6) is -2.16. The van der Waals surface area contributed by atoms with Crippen molar-refractivity contribution in [3.63, 3.8) is 0 Å². The Morgan fingerprint density at radius 1 is 0.286 bits per heavy atom. The van der Waals surface area contributed by atoms with Gasteiger partial charge < -0.3 is 33.8 Å². The number of unbranched alkanes of at least 4 members (excludes halogenated alkanes) is 42. The first-order chi connectivity index (χ1) is 47.7. The Labute approximate surface area is 597 Å². The molecule has 0 aliphatic carbocycles. The molecule has 0 amide bonds. The van der Waals surface area contributed by atoms with E-state index >= 15 is 0 Å². The first kappa shape index (κ1) is 95.0. The summed E-state index contributed by atoms with van der Waals surface area (Å²) in [6.45, 7) is 4.86. The number of rotatable bonds is 76. The van der Waals surface area contributed by atoms with Gasteiger partial charge in [-0.25, -0.2) is 9.13 Å². The number of phosphoric acid groups is 2. The van der Waals surface area contributed by atoms with Crippen LogP contribution in [0.15, 0.2) is 48.6 Å². The van der Waals surface area contributed by atoms with E-state index in [4.69, 9.17) is 37.0 Å². The Bertz CT molecular complexity index is 2050. The number of phosphoric ester groups is 2. The number of aliphatic hydroxyl groups excluding tert-OH is 1. The minimum Gasteiger partial charge on any atom is -0.462 e. The van der Waals surface area contributed by atoms with Gasteiger partial charge in [0.15, 0.2) is 12.2 Å². The fourth-order valence-corrected chi connectivity index (χ4v) is 12.7. The van der Waals surface area contributed by atoms with Crippen LogP contribution in [0.5, 0.6) is 0 Å². The quantitative estimate of drug-likeness (QED) is 0.0169. The molecule has 3 N–H and O–H groups in total. The Morgan fingerprint density at radius 3 is 0.827 bits per heavy atom. The van der Waals surface area contributed by atoms with Crippen LogP contribution in [0, 0.1) is 0 Å². The summed E-state index contributed by atoms with van der Waals surface area (Å²) in [6.07, 6.45) is 69.5. The molecule has 0 aromatic carbocycles. The lowest BCUT2D eigenvalue weighted by Crippen LogP contribution is -2.30. The van der Waals surface area contributed by atoms with E-state index in [0.717, 1.165) is 141 Å². The molecule has 0 fully saturated rings. The van der Waals surface area contributed by atoms with Crippen LogP contribution in [0.25, 0.3) is 0 Å². The molecule has 0 rings (SSSR count). The van der Waals surface area contributed by atoms with Crippen molar-refractivity contribution in [1.82, 2.24) is 0 Å². The van der Waals surface area contributed by atoms with E-state index in [9.17, 15) is 43.2 Å². The van der Waals surface area contributed by atoms with Crippen LogP contribution in [0.3, 0.4) is 0 Å². The Hall–Kier alpha value is -2.98. The van der Waals surface area contributed by atoms with Crippen LogP contribution in [0.2, 0.25) is 0 Å². The van der Waals surface area contributed by atoms with Crippen LogP contribution in [0.1, 0.15) is 374 Å². The summed E-state index contributed by atoms with van der Waals surface area (Å²) in [4.78, 5) is 72.9. The highest BCUT2D eigenvalue weighted by atomic mass is 31.2. The summed E-state index contributed by atoms with van der Waals surface area (Å²) in [5.41, 5.74) is 0. The van der Waals surface area contributed by atoms with Crippen LogP contribution in [0.4, 0.5) is 0 Å². The van der Waals surface area contributed by atoms with Crippen molar-refractivity contribution in [2.24, 2.45) is 0 Å². The molecule has 19 heteroatoms. The van der Waals surface area contributed by atoms with Crippen LogP contribution >= 0.6 is 15.6 Å². The van der Waals surface area contributed by atoms with E-state index in [-0.39, 0.29) is 25.7 Å². The molecule has 0 aliphatic heterocycles. The number of carbonyl (C=O) groups excluding carboxylic acids is 4. The lowest BCUT2D eigenvalue weighted by atomic mass is 10.0. The van der Waals surface area contributed by atoms with Crippen molar-refractivity contribution in [3.05, 3.63) is 48.6 Å². The van der Waals surface area contributed by atoms with E-state index < -0.39 is 97.5 Å². The first-order valence-corrected chi connectivity index (χ1v) is 42.9. The molecular formula is C79H146O17P2. The van der Waals surface area contributed by atoms with Gasteiger partial charge in [-0.2, -0.15) is 0 Å². The first-order valence-electron chi connectivity index (χ1n) is 39.9. The molecule has 0 saturated heterocycles. The lowest BCUT2D eigenvalue weighted by molar-refractivity contribution is -0.161. The summed E-state index contributed by atoms with van der Waals surface area (Å²) >= 11 is 0. The third-order valence-electron chi connectivity index (χ3n) is 17.3. The lowest BCUT2D eigenvalue weighted by Gasteiger charge is -2.21. The molecule has 0 aliphatic rings. The van der Waals surface area contributed by atoms with Crippen molar-refractivity contribution >= 4 is 39.5 Å². The molecule has 0 spiro atoms. The molecule has 17 nitrogen and oxygen atoms in total. The number of carbonyl (C=O) groups is 4. The largest absolute Gasteiger partial charge is 0.472 e. The number of allylic oxidation sites excluding steroid dienone is 8. The molecule has 0 saturated carbocycles. The molecule has 0 heterocycles. The van der Waals surface area contributed by atoms with Gasteiger partial charge in [-0.3, -0.25) is 37.3 Å². The summed E-state index contributed by atoms with van der Waals surface area (Å²) in [7, 11) is -9.93. The van der Waals surface area contributed by atoms with E-state index in [1.807, 2.05) is 0 Å². The van der Waals surface area contributed by atoms with Gasteiger partial charge in [0.2, 0.25) is 0 Å². The normalized spacial score (nSPS) is 14.2. The van der Waals surface area contributed by atoms with Crippen LogP contribution < -0.4 is 0 Å². The minimum atomic E-state index is -4.97. The second kappa shape index (κ2) is 72.4. The second-order valence-electron chi connectivity index (χ2n) is 27.0. The summed E-state index contributed by atoms with van der Waals surface area (Å²) in [6, 6.07) is 0. The smallest absolute Gasteiger partial charge is 0.462 e. The molecule has 5 unspecified atom stereocenters. The van der Waals surface area contributed by atoms with E-state index in [1.54, 1.807) is 0 Å². The SMILES string of the molecule is CCCC/C=C\CCCCCCCC(=O)OC(COC(=O)CCCCCCCCCCCCCCC)COP(=O)(O)OCC(O)COP(=O)(O)OCC(COC(=O)CCCCCCCC/C=C\C/C=C\C/C=C\CCCCC)OC(=O)CCCCCCCCCCCCCCCCC. The number of ether oxygens (including phenoxy) is 4. The van der Waals surface area contributed by atoms with Crippen LogP contribution in [-0.4, -0.2) is 96.7 Å². The molecule has 0 radical (unpaired) electrons. The molecule has 574 valence electrons. The Morgan fingerprint density at radius 2 is 0.510 bits per heavy atom. The summed E-state index contributed by atoms with van der Waals surface area (Å²) in [5, 5.41) is 10.6. The highest BCUT2D eigenvalue weighted by molar-refractivity contribution is 7.47. The zero-order valence-electron chi connectivity index (χ0n) is 62.7. The molecule has 98 heavy (non-hydrogen) atoms. The van der Waals surface area contributed by atoms with Gasteiger partial charge in [-0.1, -0.05) is 314 Å².